The van der Waals surface area contributed by atoms with Crippen LogP contribution in [-0.2, 0) is 11.3 Å². The molecule has 2 heterocycles. The third kappa shape index (κ3) is 4.38. The van der Waals surface area contributed by atoms with Gasteiger partial charge in [-0.05, 0) is 29.8 Å². The lowest BCUT2D eigenvalue weighted by Gasteiger charge is -2.28. The molecule has 0 atom stereocenters. The summed E-state index contributed by atoms with van der Waals surface area (Å²) in [7, 11) is 0. The number of anilines is 1. The van der Waals surface area contributed by atoms with Crippen LogP contribution >= 0.6 is 11.6 Å². The summed E-state index contributed by atoms with van der Waals surface area (Å²) in [6.07, 6.45) is 1.54. The summed E-state index contributed by atoms with van der Waals surface area (Å²) in [4.78, 5) is 25.9. The first-order valence-electron chi connectivity index (χ1n) is 9.16. The van der Waals surface area contributed by atoms with Crippen LogP contribution < -0.4 is 15.5 Å². The molecule has 9 heteroatoms. The van der Waals surface area contributed by atoms with Crippen molar-refractivity contribution in [2.24, 2.45) is 0 Å². The highest BCUT2D eigenvalue weighted by atomic mass is 35.5. The number of nitrogens with zero attached hydrogens (tertiary/aromatic N) is 4. The number of piperazine rings is 1. The maximum absolute atomic E-state index is 12.4. The number of hydrogen-bond acceptors (Lipinski definition) is 5. The van der Waals surface area contributed by atoms with Gasteiger partial charge in [0.1, 0.15) is 0 Å². The second-order valence-electron chi connectivity index (χ2n) is 6.62. The van der Waals surface area contributed by atoms with Gasteiger partial charge in [0, 0.05) is 25.3 Å². The van der Waals surface area contributed by atoms with Crippen molar-refractivity contribution in [2.75, 3.05) is 24.5 Å². The van der Waals surface area contributed by atoms with Gasteiger partial charge in [0.25, 0.3) is 5.91 Å². The number of amides is 2. The van der Waals surface area contributed by atoms with E-state index in [2.05, 4.69) is 20.9 Å². The smallest absolute Gasteiger partial charge is 0.273 e. The Morgan fingerprint density at radius 3 is 2.72 bits per heavy atom. The molecule has 29 heavy (non-hydrogen) atoms. The Morgan fingerprint density at radius 1 is 1.17 bits per heavy atom. The van der Waals surface area contributed by atoms with Crippen LogP contribution in [0, 0.1) is 0 Å². The molecule has 2 aromatic carbocycles. The van der Waals surface area contributed by atoms with Crippen molar-refractivity contribution in [3.63, 3.8) is 0 Å². The third-order valence-electron chi connectivity index (χ3n) is 4.62. The van der Waals surface area contributed by atoms with Gasteiger partial charge in [0.05, 0.1) is 23.5 Å². The van der Waals surface area contributed by atoms with Gasteiger partial charge in [-0.2, -0.15) is 0 Å². The van der Waals surface area contributed by atoms with Gasteiger partial charge in [-0.25, -0.2) is 4.68 Å². The molecular formula is C20H19ClN6O2. The van der Waals surface area contributed by atoms with E-state index < -0.39 is 0 Å². The van der Waals surface area contributed by atoms with Crippen LogP contribution in [0.25, 0.3) is 5.69 Å². The lowest BCUT2D eigenvalue weighted by molar-refractivity contribution is -0.120. The van der Waals surface area contributed by atoms with E-state index in [0.29, 0.717) is 30.3 Å². The monoisotopic (exact) mass is 410 g/mol. The molecule has 2 N–H and O–H groups in total. The van der Waals surface area contributed by atoms with E-state index >= 15 is 0 Å². The Morgan fingerprint density at radius 2 is 1.97 bits per heavy atom. The van der Waals surface area contributed by atoms with Crippen LogP contribution in [0.2, 0.25) is 5.02 Å². The van der Waals surface area contributed by atoms with Crippen LogP contribution in [0.3, 0.4) is 0 Å². The van der Waals surface area contributed by atoms with Crippen LogP contribution in [0.1, 0.15) is 16.1 Å². The summed E-state index contributed by atoms with van der Waals surface area (Å²) in [5.41, 5.74) is 2.79. The fourth-order valence-electron chi connectivity index (χ4n) is 3.08. The highest BCUT2D eigenvalue weighted by Gasteiger charge is 2.16. The van der Waals surface area contributed by atoms with Gasteiger partial charge in [0.2, 0.25) is 5.91 Å². The molecule has 0 bridgehead atoms. The molecule has 2 amide bonds. The van der Waals surface area contributed by atoms with Crippen LogP contribution in [0.15, 0.2) is 54.7 Å². The molecular weight excluding hydrogens is 392 g/mol. The van der Waals surface area contributed by atoms with E-state index in [4.69, 9.17) is 11.6 Å². The van der Waals surface area contributed by atoms with Crippen molar-refractivity contribution in [3.05, 3.63) is 71.0 Å². The number of para-hydroxylation sites is 1. The molecule has 0 spiro atoms. The van der Waals surface area contributed by atoms with E-state index in [1.807, 2.05) is 41.3 Å². The molecule has 1 aliphatic rings. The Kier molecular flexibility index (Phi) is 5.44. The number of nitrogens with one attached hydrogen (secondary N) is 2. The van der Waals surface area contributed by atoms with Crippen molar-refractivity contribution in [1.29, 1.82) is 0 Å². The summed E-state index contributed by atoms with van der Waals surface area (Å²) in [5.74, 6) is -0.294. The lowest BCUT2D eigenvalue weighted by atomic mass is 10.2. The fraction of sp³-hybridized carbons (Fsp3) is 0.200. The fourth-order valence-corrected chi connectivity index (χ4v) is 3.30. The maximum Gasteiger partial charge on any atom is 0.273 e. The number of hydrogen-bond donors (Lipinski definition) is 2. The van der Waals surface area contributed by atoms with Gasteiger partial charge in [0.15, 0.2) is 5.69 Å². The zero-order valence-electron chi connectivity index (χ0n) is 15.5. The quantitative estimate of drug-likeness (QED) is 0.669. The summed E-state index contributed by atoms with van der Waals surface area (Å²) < 4.78 is 1.47. The third-order valence-corrected chi connectivity index (χ3v) is 4.94. The van der Waals surface area contributed by atoms with Crippen LogP contribution in [-0.4, -0.2) is 46.4 Å². The van der Waals surface area contributed by atoms with E-state index in [1.165, 1.54) is 4.68 Å². The molecule has 0 saturated carbocycles. The minimum Gasteiger partial charge on any atom is -0.360 e. The Labute approximate surface area is 172 Å². The van der Waals surface area contributed by atoms with Crippen molar-refractivity contribution >= 4 is 29.1 Å². The molecule has 1 aliphatic heterocycles. The second kappa shape index (κ2) is 8.32. The minimum atomic E-state index is -0.319. The molecule has 1 fully saturated rings. The number of halogens is 1. The second-order valence-corrected chi connectivity index (χ2v) is 7.03. The number of aromatic nitrogens is 3. The number of carbonyl (C=O) groups is 2. The van der Waals surface area contributed by atoms with Crippen LogP contribution in [0.5, 0.6) is 0 Å². The molecule has 0 aliphatic carbocycles. The first-order chi connectivity index (χ1) is 14.1. The molecule has 148 valence electrons. The lowest BCUT2D eigenvalue weighted by Crippen LogP contribution is -2.47. The predicted octanol–water partition coefficient (Wildman–Crippen LogP) is 1.79. The molecule has 4 rings (SSSR count). The Balaban J connectivity index is 1.36. The summed E-state index contributed by atoms with van der Waals surface area (Å²) in [6.45, 7) is 2.14. The SMILES string of the molecule is O=C1CN(c2ccc(CNC(=O)c3cn(-c4ccccc4Cl)nn3)cc2)CCN1. The van der Waals surface area contributed by atoms with Crippen LogP contribution in [0.4, 0.5) is 5.69 Å². The number of rotatable bonds is 5. The first-order valence-corrected chi connectivity index (χ1v) is 9.54. The molecule has 1 saturated heterocycles. The average Bonchev–Trinajstić information content (AvgIpc) is 3.23. The highest BCUT2D eigenvalue weighted by Crippen LogP contribution is 2.19. The average molecular weight is 411 g/mol. The number of benzene rings is 2. The molecule has 0 radical (unpaired) electrons. The van der Waals surface area contributed by atoms with Crippen molar-refractivity contribution in [1.82, 2.24) is 25.6 Å². The minimum absolute atomic E-state index is 0.0254. The molecule has 0 unspecified atom stereocenters. The molecule has 8 nitrogen and oxygen atoms in total. The first kappa shape index (κ1) is 18.9. The summed E-state index contributed by atoms with van der Waals surface area (Å²) in [6, 6.07) is 15.0. The van der Waals surface area contributed by atoms with Gasteiger partial charge >= 0.3 is 0 Å². The predicted molar refractivity (Wildman–Crippen MR) is 109 cm³/mol. The van der Waals surface area contributed by atoms with E-state index in [1.54, 1.807) is 18.3 Å². The Hall–Kier alpha value is -3.39. The zero-order chi connectivity index (χ0) is 20.2. The molecule has 1 aromatic heterocycles. The van der Waals surface area contributed by atoms with E-state index in [0.717, 1.165) is 17.8 Å². The van der Waals surface area contributed by atoms with E-state index in [-0.39, 0.29) is 17.5 Å². The number of carbonyl (C=O) groups excluding carboxylic acids is 2. The Bertz CT molecular complexity index is 1030. The van der Waals surface area contributed by atoms with Crippen molar-refractivity contribution < 1.29 is 9.59 Å². The van der Waals surface area contributed by atoms with Crippen molar-refractivity contribution in [3.8, 4) is 5.69 Å². The summed E-state index contributed by atoms with van der Waals surface area (Å²) in [5, 5.41) is 14.1. The standard InChI is InChI=1S/C20H19ClN6O2/c21-16-3-1-2-4-18(16)27-12-17(24-25-27)20(29)23-11-14-5-7-15(8-6-14)26-10-9-22-19(28)13-26/h1-8,12H,9-11,13H2,(H,22,28)(H,23,29). The maximum atomic E-state index is 12.4. The topological polar surface area (TPSA) is 92.2 Å². The summed E-state index contributed by atoms with van der Waals surface area (Å²) >= 11 is 6.15. The van der Waals surface area contributed by atoms with Gasteiger partial charge in [-0.3, -0.25) is 9.59 Å². The van der Waals surface area contributed by atoms with E-state index in [9.17, 15) is 9.59 Å². The molecule has 3 aromatic rings. The largest absolute Gasteiger partial charge is 0.360 e. The normalized spacial score (nSPS) is 13.8. The highest BCUT2D eigenvalue weighted by molar-refractivity contribution is 6.32. The van der Waals surface area contributed by atoms with Gasteiger partial charge in [-0.15, -0.1) is 5.10 Å². The van der Waals surface area contributed by atoms with Crippen molar-refractivity contribution in [2.45, 2.75) is 6.54 Å². The van der Waals surface area contributed by atoms with Gasteiger partial charge < -0.3 is 15.5 Å². The zero-order valence-corrected chi connectivity index (χ0v) is 16.3. The van der Waals surface area contributed by atoms with Gasteiger partial charge in [-0.1, -0.05) is 41.1 Å².